The summed E-state index contributed by atoms with van der Waals surface area (Å²) in [4.78, 5) is 28.9. The fourth-order valence-electron chi connectivity index (χ4n) is 4.27. The van der Waals surface area contributed by atoms with Gasteiger partial charge in [-0.2, -0.15) is 0 Å². The van der Waals surface area contributed by atoms with Crippen molar-refractivity contribution in [1.82, 2.24) is 10.2 Å². The van der Waals surface area contributed by atoms with Gasteiger partial charge in [0.1, 0.15) is 24.1 Å². The summed E-state index contributed by atoms with van der Waals surface area (Å²) >= 11 is 12.4. The third-order valence-corrected chi connectivity index (χ3v) is 8.16. The lowest BCUT2D eigenvalue weighted by molar-refractivity contribution is -0.140. The number of carbonyl (C=O) groups is 2. The smallest absolute Gasteiger partial charge is 0.244 e. The molecule has 0 aliphatic carbocycles. The van der Waals surface area contributed by atoms with Crippen LogP contribution < -0.4 is 19.1 Å². The van der Waals surface area contributed by atoms with E-state index < -0.39 is 28.5 Å². The molecule has 0 fully saturated rings. The van der Waals surface area contributed by atoms with Gasteiger partial charge in [0, 0.05) is 25.6 Å². The first-order valence-electron chi connectivity index (χ1n) is 12.7. The van der Waals surface area contributed by atoms with Crippen molar-refractivity contribution in [3.05, 3.63) is 87.9 Å². The van der Waals surface area contributed by atoms with Gasteiger partial charge in [0.25, 0.3) is 0 Å². The Labute approximate surface area is 251 Å². The standard InChI is InChI=1S/C29H33Cl2N3O6S/c1-5-32-29(36)26(16-20-9-7-6-8-10-20)33(18-21-11-13-23(30)24(31)15-21)28(35)19-34(41(4,37)38)25-14-12-22(39-2)17-27(25)40-3/h6-15,17,26H,5,16,18-19H2,1-4H3,(H,32,36)/t26-/m1/s1. The number of nitrogens with one attached hydrogen (secondary N) is 1. The molecular weight excluding hydrogens is 589 g/mol. The van der Waals surface area contributed by atoms with Gasteiger partial charge in [0.05, 0.1) is 36.2 Å². The van der Waals surface area contributed by atoms with Crippen LogP contribution in [0.2, 0.25) is 10.0 Å². The molecule has 220 valence electrons. The van der Waals surface area contributed by atoms with Gasteiger partial charge in [-0.25, -0.2) is 8.42 Å². The maximum atomic E-state index is 14.1. The molecule has 9 nitrogen and oxygen atoms in total. The van der Waals surface area contributed by atoms with E-state index in [2.05, 4.69) is 5.32 Å². The van der Waals surface area contributed by atoms with E-state index in [1.54, 1.807) is 31.2 Å². The second-order valence-corrected chi connectivity index (χ2v) is 11.9. The van der Waals surface area contributed by atoms with Gasteiger partial charge in [0.2, 0.25) is 21.8 Å². The molecule has 1 N–H and O–H groups in total. The Morgan fingerprint density at radius 1 is 0.927 bits per heavy atom. The SMILES string of the molecule is CCNC(=O)[C@@H](Cc1ccccc1)N(Cc1ccc(Cl)c(Cl)c1)C(=O)CN(c1ccc(OC)cc1OC)S(C)(=O)=O. The molecule has 0 radical (unpaired) electrons. The summed E-state index contributed by atoms with van der Waals surface area (Å²) in [7, 11) is -1.11. The van der Waals surface area contributed by atoms with Gasteiger partial charge in [-0.05, 0) is 42.3 Å². The fourth-order valence-corrected chi connectivity index (χ4v) is 5.44. The number of halogens is 2. The van der Waals surface area contributed by atoms with E-state index in [-0.39, 0.29) is 35.3 Å². The van der Waals surface area contributed by atoms with Gasteiger partial charge < -0.3 is 19.7 Å². The van der Waals surface area contributed by atoms with E-state index in [4.69, 9.17) is 32.7 Å². The molecule has 2 amide bonds. The number of amides is 2. The Bertz CT molecular complexity index is 1470. The first-order chi connectivity index (χ1) is 19.5. The average molecular weight is 623 g/mol. The number of methoxy groups -OCH3 is 2. The minimum atomic E-state index is -3.97. The first kappa shape index (κ1) is 32.0. The Morgan fingerprint density at radius 3 is 2.22 bits per heavy atom. The number of nitrogens with zero attached hydrogens (tertiary/aromatic N) is 2. The van der Waals surface area contributed by atoms with Crippen LogP contribution in [0, 0.1) is 0 Å². The van der Waals surface area contributed by atoms with Crippen LogP contribution in [0.4, 0.5) is 5.69 Å². The largest absolute Gasteiger partial charge is 0.497 e. The molecule has 3 rings (SSSR count). The maximum Gasteiger partial charge on any atom is 0.244 e. The van der Waals surface area contributed by atoms with Crippen molar-refractivity contribution in [3.8, 4) is 11.5 Å². The van der Waals surface area contributed by atoms with Crippen molar-refractivity contribution in [2.75, 3.05) is 37.9 Å². The van der Waals surface area contributed by atoms with Crippen LogP contribution in [0.15, 0.2) is 66.7 Å². The van der Waals surface area contributed by atoms with E-state index in [0.29, 0.717) is 22.9 Å². The maximum absolute atomic E-state index is 14.1. The van der Waals surface area contributed by atoms with E-state index in [0.717, 1.165) is 16.1 Å². The summed E-state index contributed by atoms with van der Waals surface area (Å²) in [5.41, 5.74) is 1.59. The average Bonchev–Trinajstić information content (AvgIpc) is 2.95. The summed E-state index contributed by atoms with van der Waals surface area (Å²) in [5, 5.41) is 3.44. The van der Waals surface area contributed by atoms with Crippen molar-refractivity contribution < 1.29 is 27.5 Å². The van der Waals surface area contributed by atoms with Crippen molar-refractivity contribution in [1.29, 1.82) is 0 Å². The van der Waals surface area contributed by atoms with Gasteiger partial charge >= 0.3 is 0 Å². The highest BCUT2D eigenvalue weighted by molar-refractivity contribution is 7.92. The second-order valence-electron chi connectivity index (χ2n) is 9.18. The summed E-state index contributed by atoms with van der Waals surface area (Å²) in [6.07, 6.45) is 1.20. The zero-order valence-electron chi connectivity index (χ0n) is 23.3. The normalized spacial score (nSPS) is 11.9. The molecule has 12 heteroatoms. The summed E-state index contributed by atoms with van der Waals surface area (Å²) in [5.74, 6) is -0.335. The van der Waals surface area contributed by atoms with Crippen molar-refractivity contribution in [2.24, 2.45) is 0 Å². The summed E-state index contributed by atoms with van der Waals surface area (Å²) in [6.45, 7) is 1.51. The minimum Gasteiger partial charge on any atom is -0.497 e. The quantitative estimate of drug-likeness (QED) is 0.300. The number of benzene rings is 3. The van der Waals surface area contributed by atoms with Crippen LogP contribution in [-0.2, 0) is 32.6 Å². The Balaban J connectivity index is 2.09. The van der Waals surface area contributed by atoms with Gasteiger partial charge in [-0.1, -0.05) is 59.6 Å². The molecule has 0 aromatic heterocycles. The van der Waals surface area contributed by atoms with Crippen LogP contribution in [0.1, 0.15) is 18.1 Å². The Hall–Kier alpha value is -3.47. The third kappa shape index (κ3) is 8.51. The highest BCUT2D eigenvalue weighted by Crippen LogP contribution is 2.34. The van der Waals surface area contributed by atoms with Crippen LogP contribution in [-0.4, -0.2) is 64.7 Å². The molecule has 3 aromatic rings. The molecule has 0 aliphatic heterocycles. The first-order valence-corrected chi connectivity index (χ1v) is 15.3. The summed E-state index contributed by atoms with van der Waals surface area (Å²) < 4.78 is 37.6. The highest BCUT2D eigenvalue weighted by atomic mass is 35.5. The van der Waals surface area contributed by atoms with Crippen LogP contribution in [0.25, 0.3) is 0 Å². The molecular formula is C29H33Cl2N3O6S. The van der Waals surface area contributed by atoms with Crippen molar-refractivity contribution in [2.45, 2.75) is 25.9 Å². The number of hydrogen-bond acceptors (Lipinski definition) is 6. The van der Waals surface area contributed by atoms with Gasteiger partial charge in [-0.15, -0.1) is 0 Å². The molecule has 0 heterocycles. The summed E-state index contributed by atoms with van der Waals surface area (Å²) in [6, 6.07) is 17.8. The molecule has 0 spiro atoms. The lowest BCUT2D eigenvalue weighted by Gasteiger charge is -2.33. The van der Waals surface area contributed by atoms with E-state index in [9.17, 15) is 18.0 Å². The van der Waals surface area contributed by atoms with Gasteiger partial charge in [0.15, 0.2) is 0 Å². The monoisotopic (exact) mass is 621 g/mol. The number of carbonyl (C=O) groups excluding carboxylic acids is 2. The minimum absolute atomic E-state index is 0.0261. The lowest BCUT2D eigenvalue weighted by atomic mass is 10.0. The topological polar surface area (TPSA) is 105 Å². The number of anilines is 1. The molecule has 0 bridgehead atoms. The molecule has 0 unspecified atom stereocenters. The number of sulfonamides is 1. The van der Waals surface area contributed by atoms with Crippen molar-refractivity contribution in [3.63, 3.8) is 0 Å². The Kier molecular flexibility index (Phi) is 11.3. The predicted molar refractivity (Wildman–Crippen MR) is 161 cm³/mol. The zero-order chi connectivity index (χ0) is 30.2. The third-order valence-electron chi connectivity index (χ3n) is 6.29. The molecule has 1 atom stereocenters. The second kappa shape index (κ2) is 14.4. The van der Waals surface area contributed by atoms with Crippen LogP contribution in [0.5, 0.6) is 11.5 Å². The van der Waals surface area contributed by atoms with E-state index >= 15 is 0 Å². The van der Waals surface area contributed by atoms with Crippen LogP contribution >= 0.6 is 23.2 Å². The molecule has 3 aromatic carbocycles. The predicted octanol–water partition coefficient (Wildman–Crippen LogP) is 4.55. The number of hydrogen-bond donors (Lipinski definition) is 1. The number of likely N-dealkylation sites (N-methyl/N-ethyl adjacent to an activating group) is 1. The molecule has 0 saturated carbocycles. The molecule has 0 aliphatic rings. The molecule has 41 heavy (non-hydrogen) atoms. The van der Waals surface area contributed by atoms with E-state index in [1.807, 2.05) is 30.3 Å². The number of ether oxygens (including phenoxy) is 2. The fraction of sp³-hybridized carbons (Fsp3) is 0.310. The number of rotatable bonds is 13. The van der Waals surface area contributed by atoms with Crippen LogP contribution in [0.3, 0.4) is 0 Å². The van der Waals surface area contributed by atoms with E-state index in [1.165, 1.54) is 31.3 Å². The Morgan fingerprint density at radius 2 is 1.63 bits per heavy atom. The van der Waals surface area contributed by atoms with Gasteiger partial charge in [-0.3, -0.25) is 13.9 Å². The molecule has 0 saturated heterocycles. The highest BCUT2D eigenvalue weighted by Gasteiger charge is 2.33. The van der Waals surface area contributed by atoms with Crippen molar-refractivity contribution >= 4 is 50.7 Å². The zero-order valence-corrected chi connectivity index (χ0v) is 25.6. The lowest BCUT2D eigenvalue weighted by Crippen LogP contribution is -2.53.